The Labute approximate surface area is 236 Å². The van der Waals surface area contributed by atoms with Gasteiger partial charge in [0, 0.05) is 37.5 Å². The molecule has 7 nitrogen and oxygen atoms in total. The van der Waals surface area contributed by atoms with Gasteiger partial charge >= 0.3 is 0 Å². The molecule has 0 aromatic heterocycles. The summed E-state index contributed by atoms with van der Waals surface area (Å²) in [6.07, 6.45) is 2.64. The fourth-order valence-electron chi connectivity index (χ4n) is 4.35. The van der Waals surface area contributed by atoms with Crippen molar-refractivity contribution in [2.24, 2.45) is 0 Å². The molecule has 0 spiro atoms. The highest BCUT2D eigenvalue weighted by Gasteiger charge is 2.30. The second-order valence-corrected chi connectivity index (χ2v) is 11.8. The number of halogens is 1. The number of hydrogen-bond acceptors (Lipinski definition) is 4. The van der Waals surface area contributed by atoms with Crippen molar-refractivity contribution >= 4 is 39.1 Å². The standard InChI is InChI=1S/C30H36ClN3O4S/c1-3-19-32-30(36)28(22-24-12-6-4-7-13-24)33(23-25-14-10-15-26(31)21-25)29(35)18-11-20-34(39(2,37)38)27-16-8-5-9-17-27/h4-10,12-17,21,28H,3,11,18-20,22-23H2,1-2H3,(H,32,36). The maximum Gasteiger partial charge on any atom is 0.243 e. The average Bonchev–Trinajstić information content (AvgIpc) is 2.92. The van der Waals surface area contributed by atoms with Crippen molar-refractivity contribution in [3.05, 3.63) is 101 Å². The third-order valence-corrected chi connectivity index (χ3v) is 7.69. The molecule has 3 rings (SSSR count). The van der Waals surface area contributed by atoms with Crippen LogP contribution >= 0.6 is 11.6 Å². The van der Waals surface area contributed by atoms with Crippen molar-refractivity contribution in [2.45, 2.75) is 45.2 Å². The molecule has 39 heavy (non-hydrogen) atoms. The highest BCUT2D eigenvalue weighted by Crippen LogP contribution is 2.21. The number of nitrogens with zero attached hydrogens (tertiary/aromatic N) is 2. The lowest BCUT2D eigenvalue weighted by atomic mass is 10.0. The van der Waals surface area contributed by atoms with E-state index in [1.165, 1.54) is 4.31 Å². The van der Waals surface area contributed by atoms with Crippen LogP contribution in [-0.4, -0.2) is 50.5 Å². The SMILES string of the molecule is CCCNC(=O)C(Cc1ccccc1)N(Cc1cccc(Cl)c1)C(=O)CCCN(c1ccccc1)S(C)(=O)=O. The van der Waals surface area contributed by atoms with E-state index in [1.807, 2.05) is 55.5 Å². The van der Waals surface area contributed by atoms with E-state index in [4.69, 9.17) is 11.6 Å². The zero-order chi connectivity index (χ0) is 28.3. The molecule has 1 N–H and O–H groups in total. The Morgan fingerprint density at radius 3 is 2.18 bits per heavy atom. The van der Waals surface area contributed by atoms with E-state index in [1.54, 1.807) is 41.3 Å². The lowest BCUT2D eigenvalue weighted by molar-refractivity contribution is -0.141. The summed E-state index contributed by atoms with van der Waals surface area (Å²) in [7, 11) is -3.54. The Bertz CT molecular complexity index is 1320. The first-order chi connectivity index (χ1) is 18.7. The van der Waals surface area contributed by atoms with Crippen LogP contribution in [0, 0.1) is 0 Å². The molecule has 0 radical (unpaired) electrons. The Kier molecular flexibility index (Phi) is 11.4. The topological polar surface area (TPSA) is 86.8 Å². The summed E-state index contributed by atoms with van der Waals surface area (Å²) in [5.41, 5.74) is 2.29. The number of benzene rings is 3. The maximum absolute atomic E-state index is 13.8. The minimum absolute atomic E-state index is 0.0752. The third kappa shape index (κ3) is 9.41. The van der Waals surface area contributed by atoms with E-state index < -0.39 is 16.1 Å². The molecule has 0 heterocycles. The van der Waals surface area contributed by atoms with Crippen LogP contribution in [0.4, 0.5) is 5.69 Å². The number of amides is 2. The van der Waals surface area contributed by atoms with Crippen molar-refractivity contribution < 1.29 is 18.0 Å². The molecule has 3 aromatic rings. The molecule has 0 aliphatic carbocycles. The van der Waals surface area contributed by atoms with Crippen molar-refractivity contribution in [2.75, 3.05) is 23.7 Å². The number of para-hydroxylation sites is 1. The summed E-state index contributed by atoms with van der Waals surface area (Å²) in [6, 6.07) is 24.9. The van der Waals surface area contributed by atoms with E-state index in [-0.39, 0.29) is 31.3 Å². The lowest BCUT2D eigenvalue weighted by Crippen LogP contribution is -2.50. The Morgan fingerprint density at radius 1 is 0.923 bits per heavy atom. The first-order valence-electron chi connectivity index (χ1n) is 13.1. The first kappa shape index (κ1) is 30.2. The van der Waals surface area contributed by atoms with Crippen molar-refractivity contribution in [1.29, 1.82) is 0 Å². The maximum atomic E-state index is 13.8. The minimum atomic E-state index is -3.54. The van der Waals surface area contributed by atoms with Gasteiger partial charge in [-0.15, -0.1) is 0 Å². The van der Waals surface area contributed by atoms with Crippen LogP contribution in [-0.2, 0) is 32.6 Å². The van der Waals surface area contributed by atoms with E-state index in [9.17, 15) is 18.0 Å². The molecule has 0 bridgehead atoms. The lowest BCUT2D eigenvalue weighted by Gasteiger charge is -2.32. The van der Waals surface area contributed by atoms with E-state index >= 15 is 0 Å². The fourth-order valence-corrected chi connectivity index (χ4v) is 5.53. The van der Waals surface area contributed by atoms with E-state index in [2.05, 4.69) is 5.32 Å². The quantitative estimate of drug-likeness (QED) is 0.294. The average molecular weight is 570 g/mol. The summed E-state index contributed by atoms with van der Waals surface area (Å²) >= 11 is 6.22. The van der Waals surface area contributed by atoms with Crippen LogP contribution in [0.5, 0.6) is 0 Å². The highest BCUT2D eigenvalue weighted by atomic mass is 35.5. The van der Waals surface area contributed by atoms with E-state index in [0.29, 0.717) is 30.1 Å². The number of hydrogen-bond donors (Lipinski definition) is 1. The Balaban J connectivity index is 1.86. The normalized spacial score (nSPS) is 12.0. The summed E-state index contributed by atoms with van der Waals surface area (Å²) in [6.45, 7) is 2.82. The number of nitrogens with one attached hydrogen (secondary N) is 1. The molecule has 9 heteroatoms. The molecule has 0 saturated heterocycles. The molecule has 0 saturated carbocycles. The van der Waals surface area contributed by atoms with Crippen LogP contribution in [0.1, 0.15) is 37.3 Å². The zero-order valence-corrected chi connectivity index (χ0v) is 24.0. The fraction of sp³-hybridized carbons (Fsp3) is 0.333. The first-order valence-corrected chi connectivity index (χ1v) is 15.3. The molecule has 0 aliphatic rings. The number of carbonyl (C=O) groups excluding carboxylic acids is 2. The number of anilines is 1. The molecule has 0 aliphatic heterocycles. The van der Waals surface area contributed by atoms with Gasteiger partial charge in [0.05, 0.1) is 11.9 Å². The van der Waals surface area contributed by atoms with Gasteiger partial charge in [-0.05, 0) is 48.2 Å². The summed E-state index contributed by atoms with van der Waals surface area (Å²) < 4.78 is 26.3. The van der Waals surface area contributed by atoms with Crippen molar-refractivity contribution in [1.82, 2.24) is 10.2 Å². The molecular weight excluding hydrogens is 534 g/mol. The second-order valence-electron chi connectivity index (χ2n) is 9.42. The van der Waals surface area contributed by atoms with Gasteiger partial charge in [0.1, 0.15) is 6.04 Å². The monoisotopic (exact) mass is 569 g/mol. The highest BCUT2D eigenvalue weighted by molar-refractivity contribution is 7.92. The Morgan fingerprint density at radius 2 is 1.56 bits per heavy atom. The van der Waals surface area contributed by atoms with Crippen molar-refractivity contribution in [3.8, 4) is 0 Å². The summed E-state index contributed by atoms with van der Waals surface area (Å²) in [4.78, 5) is 28.7. The largest absolute Gasteiger partial charge is 0.354 e. The molecule has 2 amide bonds. The van der Waals surface area contributed by atoms with Gasteiger partial charge < -0.3 is 10.2 Å². The summed E-state index contributed by atoms with van der Waals surface area (Å²) in [5.74, 6) is -0.456. The number of sulfonamides is 1. The predicted octanol–water partition coefficient (Wildman–Crippen LogP) is 5.05. The zero-order valence-electron chi connectivity index (χ0n) is 22.4. The number of carbonyl (C=O) groups is 2. The van der Waals surface area contributed by atoms with Crippen LogP contribution in [0.3, 0.4) is 0 Å². The van der Waals surface area contributed by atoms with Gasteiger partial charge in [0.15, 0.2) is 0 Å². The predicted molar refractivity (Wildman–Crippen MR) is 157 cm³/mol. The second kappa shape index (κ2) is 14.7. The van der Waals surface area contributed by atoms with Crippen LogP contribution < -0.4 is 9.62 Å². The summed E-state index contributed by atoms with van der Waals surface area (Å²) in [5, 5.41) is 3.50. The number of rotatable bonds is 14. The molecule has 1 atom stereocenters. The molecule has 208 valence electrons. The molecule has 0 fully saturated rings. The minimum Gasteiger partial charge on any atom is -0.354 e. The van der Waals surface area contributed by atoms with Gasteiger partial charge in [-0.25, -0.2) is 8.42 Å². The van der Waals surface area contributed by atoms with Crippen molar-refractivity contribution in [3.63, 3.8) is 0 Å². The van der Waals surface area contributed by atoms with Crippen LogP contribution in [0.2, 0.25) is 5.02 Å². The third-order valence-electron chi connectivity index (χ3n) is 6.26. The molecule has 3 aromatic carbocycles. The van der Waals surface area contributed by atoms with Gasteiger partial charge in [0.2, 0.25) is 21.8 Å². The molecular formula is C30H36ClN3O4S. The van der Waals surface area contributed by atoms with Gasteiger partial charge in [-0.3, -0.25) is 13.9 Å². The van der Waals surface area contributed by atoms with Crippen LogP contribution in [0.15, 0.2) is 84.9 Å². The molecule has 1 unspecified atom stereocenters. The van der Waals surface area contributed by atoms with Gasteiger partial charge in [-0.1, -0.05) is 79.2 Å². The van der Waals surface area contributed by atoms with Gasteiger partial charge in [-0.2, -0.15) is 0 Å². The van der Waals surface area contributed by atoms with Gasteiger partial charge in [0.25, 0.3) is 0 Å². The smallest absolute Gasteiger partial charge is 0.243 e. The van der Waals surface area contributed by atoms with E-state index in [0.717, 1.165) is 23.8 Å². The Hall–Kier alpha value is -3.36. The van der Waals surface area contributed by atoms with Crippen LogP contribution in [0.25, 0.3) is 0 Å².